The second-order valence-corrected chi connectivity index (χ2v) is 6.06. The number of aromatic amines is 1. The first kappa shape index (κ1) is 16.8. The van der Waals surface area contributed by atoms with Crippen LogP contribution in [0.2, 0.25) is 0 Å². The third-order valence-corrected chi connectivity index (χ3v) is 4.08. The van der Waals surface area contributed by atoms with Crippen LogP contribution < -0.4 is 10.1 Å². The first-order valence-electron chi connectivity index (χ1n) is 8.07. The second kappa shape index (κ2) is 6.81. The molecular weight excluding hydrogens is 314 g/mol. The van der Waals surface area contributed by atoms with Crippen LogP contribution in [-0.4, -0.2) is 23.0 Å². The van der Waals surface area contributed by atoms with E-state index in [0.717, 1.165) is 33.8 Å². The number of rotatable bonds is 4. The number of amides is 1. The zero-order valence-electron chi connectivity index (χ0n) is 14.8. The van der Waals surface area contributed by atoms with E-state index in [4.69, 9.17) is 4.74 Å². The van der Waals surface area contributed by atoms with E-state index in [-0.39, 0.29) is 5.91 Å². The lowest BCUT2D eigenvalue weighted by atomic mass is 10.1. The van der Waals surface area contributed by atoms with Crippen molar-refractivity contribution in [3.8, 4) is 17.1 Å². The fourth-order valence-electron chi connectivity index (χ4n) is 2.64. The van der Waals surface area contributed by atoms with Gasteiger partial charge in [0.15, 0.2) is 0 Å². The molecule has 0 fully saturated rings. The van der Waals surface area contributed by atoms with Crippen molar-refractivity contribution in [2.24, 2.45) is 0 Å². The molecule has 0 aliphatic carbocycles. The molecule has 25 heavy (non-hydrogen) atoms. The predicted octanol–water partition coefficient (Wildman–Crippen LogP) is 4.26. The average molecular weight is 335 g/mol. The fourth-order valence-corrected chi connectivity index (χ4v) is 2.64. The molecule has 1 aromatic heterocycles. The molecule has 3 aromatic rings. The van der Waals surface area contributed by atoms with Gasteiger partial charge in [-0.2, -0.15) is 0 Å². The zero-order chi connectivity index (χ0) is 18.0. The van der Waals surface area contributed by atoms with E-state index in [9.17, 15) is 4.79 Å². The molecule has 0 bridgehead atoms. The summed E-state index contributed by atoms with van der Waals surface area (Å²) in [7, 11) is 1.62. The summed E-state index contributed by atoms with van der Waals surface area (Å²) in [4.78, 5) is 20.3. The number of imidazole rings is 1. The van der Waals surface area contributed by atoms with Crippen molar-refractivity contribution >= 4 is 11.6 Å². The Labute approximate surface area is 147 Å². The van der Waals surface area contributed by atoms with E-state index >= 15 is 0 Å². The number of nitrogens with one attached hydrogen (secondary N) is 2. The van der Waals surface area contributed by atoms with Gasteiger partial charge in [-0.05, 0) is 50.1 Å². The van der Waals surface area contributed by atoms with E-state index in [1.54, 1.807) is 7.11 Å². The molecule has 2 aromatic carbocycles. The van der Waals surface area contributed by atoms with E-state index in [0.29, 0.717) is 11.5 Å². The Hall–Kier alpha value is -3.08. The molecule has 5 heteroatoms. The largest absolute Gasteiger partial charge is 0.497 e. The number of aromatic nitrogens is 2. The maximum atomic E-state index is 12.6. The van der Waals surface area contributed by atoms with Crippen LogP contribution in [0.25, 0.3) is 11.4 Å². The molecule has 0 saturated carbocycles. The molecule has 1 heterocycles. The van der Waals surface area contributed by atoms with Gasteiger partial charge in [-0.25, -0.2) is 4.98 Å². The SMILES string of the molecule is COc1cccc(-c2nc(C(=O)Nc3cc(C)ccc3C)c(C)[nH]2)c1. The number of H-pyrrole nitrogens is 1. The third kappa shape index (κ3) is 3.55. The molecule has 1 amide bonds. The molecule has 0 unspecified atom stereocenters. The zero-order valence-corrected chi connectivity index (χ0v) is 14.8. The maximum Gasteiger partial charge on any atom is 0.276 e. The number of aryl methyl sites for hydroxylation is 3. The summed E-state index contributed by atoms with van der Waals surface area (Å²) < 4.78 is 5.24. The Morgan fingerprint density at radius 2 is 1.92 bits per heavy atom. The van der Waals surface area contributed by atoms with Crippen LogP contribution >= 0.6 is 0 Å². The maximum absolute atomic E-state index is 12.6. The second-order valence-electron chi connectivity index (χ2n) is 6.06. The van der Waals surface area contributed by atoms with Crippen LogP contribution in [0.4, 0.5) is 5.69 Å². The molecule has 3 rings (SSSR count). The standard InChI is InChI=1S/C20H21N3O2/c1-12-8-9-13(2)17(10-12)22-20(24)18-14(3)21-19(23-18)15-6-5-7-16(11-15)25-4/h5-11H,1-4H3,(H,21,23)(H,22,24). The van der Waals surface area contributed by atoms with Gasteiger partial charge in [-0.1, -0.05) is 24.3 Å². The Kier molecular flexibility index (Phi) is 4.57. The van der Waals surface area contributed by atoms with E-state index in [1.165, 1.54) is 0 Å². The molecule has 0 atom stereocenters. The Balaban J connectivity index is 1.89. The van der Waals surface area contributed by atoms with Crippen molar-refractivity contribution in [3.63, 3.8) is 0 Å². The minimum Gasteiger partial charge on any atom is -0.497 e. The van der Waals surface area contributed by atoms with Gasteiger partial charge < -0.3 is 15.0 Å². The van der Waals surface area contributed by atoms with Crippen LogP contribution in [0.1, 0.15) is 27.3 Å². The van der Waals surface area contributed by atoms with Crippen molar-refractivity contribution in [2.45, 2.75) is 20.8 Å². The number of carbonyl (C=O) groups is 1. The fraction of sp³-hybridized carbons (Fsp3) is 0.200. The highest BCUT2D eigenvalue weighted by Crippen LogP contribution is 2.23. The summed E-state index contributed by atoms with van der Waals surface area (Å²) in [6, 6.07) is 13.5. The van der Waals surface area contributed by atoms with Gasteiger partial charge >= 0.3 is 0 Å². The van der Waals surface area contributed by atoms with Gasteiger partial charge in [-0.3, -0.25) is 4.79 Å². The number of anilines is 1. The quantitative estimate of drug-likeness (QED) is 0.748. The number of nitrogens with zero attached hydrogens (tertiary/aromatic N) is 1. The highest BCUT2D eigenvalue weighted by Gasteiger charge is 2.17. The molecule has 5 nitrogen and oxygen atoms in total. The molecule has 0 radical (unpaired) electrons. The van der Waals surface area contributed by atoms with Crippen LogP contribution in [0.15, 0.2) is 42.5 Å². The number of hydrogen-bond donors (Lipinski definition) is 2. The van der Waals surface area contributed by atoms with Crippen LogP contribution in [0.3, 0.4) is 0 Å². The summed E-state index contributed by atoms with van der Waals surface area (Å²) in [5, 5.41) is 2.95. The van der Waals surface area contributed by atoms with Crippen molar-refractivity contribution in [1.29, 1.82) is 0 Å². The molecule has 0 aliphatic heterocycles. The molecule has 128 valence electrons. The lowest BCUT2D eigenvalue weighted by Gasteiger charge is -2.08. The van der Waals surface area contributed by atoms with Crippen molar-refractivity contribution in [2.75, 3.05) is 12.4 Å². The molecule has 0 saturated heterocycles. The van der Waals surface area contributed by atoms with Gasteiger partial charge in [-0.15, -0.1) is 0 Å². The Bertz CT molecular complexity index is 928. The van der Waals surface area contributed by atoms with Gasteiger partial charge in [0.1, 0.15) is 17.3 Å². The molecule has 0 spiro atoms. The van der Waals surface area contributed by atoms with Crippen molar-refractivity contribution < 1.29 is 9.53 Å². The smallest absolute Gasteiger partial charge is 0.276 e. The summed E-state index contributed by atoms with van der Waals surface area (Å²) >= 11 is 0. The predicted molar refractivity (Wildman–Crippen MR) is 99.2 cm³/mol. The van der Waals surface area contributed by atoms with E-state index in [1.807, 2.05) is 63.2 Å². The highest BCUT2D eigenvalue weighted by molar-refractivity contribution is 6.04. The van der Waals surface area contributed by atoms with E-state index in [2.05, 4.69) is 15.3 Å². The molecule has 2 N–H and O–H groups in total. The summed E-state index contributed by atoms with van der Waals surface area (Å²) in [5.41, 5.74) is 4.89. The summed E-state index contributed by atoms with van der Waals surface area (Å²) in [6.07, 6.45) is 0. The van der Waals surface area contributed by atoms with Gasteiger partial charge in [0, 0.05) is 16.9 Å². The lowest BCUT2D eigenvalue weighted by molar-refractivity contribution is 0.102. The van der Waals surface area contributed by atoms with E-state index < -0.39 is 0 Å². The van der Waals surface area contributed by atoms with Crippen LogP contribution in [0, 0.1) is 20.8 Å². The average Bonchev–Trinajstić information content (AvgIpc) is 3.00. The monoisotopic (exact) mass is 335 g/mol. The summed E-state index contributed by atoms with van der Waals surface area (Å²) in [5.74, 6) is 1.16. The lowest BCUT2D eigenvalue weighted by Crippen LogP contribution is -2.14. The first-order chi connectivity index (χ1) is 12.0. The Morgan fingerprint density at radius 1 is 1.12 bits per heavy atom. The number of carbonyl (C=O) groups excluding carboxylic acids is 1. The van der Waals surface area contributed by atoms with Gasteiger partial charge in [0.2, 0.25) is 0 Å². The summed E-state index contributed by atoms with van der Waals surface area (Å²) in [6.45, 7) is 5.80. The van der Waals surface area contributed by atoms with Crippen LogP contribution in [-0.2, 0) is 0 Å². The highest BCUT2D eigenvalue weighted by atomic mass is 16.5. The number of ether oxygens (including phenoxy) is 1. The molecular formula is C20H21N3O2. The third-order valence-electron chi connectivity index (χ3n) is 4.08. The van der Waals surface area contributed by atoms with Gasteiger partial charge in [0.25, 0.3) is 5.91 Å². The van der Waals surface area contributed by atoms with Crippen molar-refractivity contribution in [3.05, 3.63) is 65.0 Å². The van der Waals surface area contributed by atoms with Crippen molar-refractivity contribution in [1.82, 2.24) is 9.97 Å². The normalized spacial score (nSPS) is 10.6. The number of hydrogen-bond acceptors (Lipinski definition) is 3. The van der Waals surface area contributed by atoms with Crippen LogP contribution in [0.5, 0.6) is 5.75 Å². The Morgan fingerprint density at radius 3 is 2.68 bits per heavy atom. The minimum absolute atomic E-state index is 0.225. The first-order valence-corrected chi connectivity index (χ1v) is 8.07. The number of methoxy groups -OCH3 is 1. The topological polar surface area (TPSA) is 67.0 Å². The molecule has 0 aliphatic rings. The minimum atomic E-state index is -0.225. The number of benzene rings is 2. The van der Waals surface area contributed by atoms with Gasteiger partial charge in [0.05, 0.1) is 7.11 Å².